The smallest absolute Gasteiger partial charge is 0.244 e. The molecule has 6 nitrogen and oxygen atoms in total. The summed E-state index contributed by atoms with van der Waals surface area (Å²) in [7, 11) is 1.84. The number of hydrogen-bond donors (Lipinski definition) is 1. The molecule has 0 saturated heterocycles. The summed E-state index contributed by atoms with van der Waals surface area (Å²) < 4.78 is 17.3. The van der Waals surface area contributed by atoms with Crippen LogP contribution in [0, 0.1) is 17.1 Å². The van der Waals surface area contributed by atoms with Crippen LogP contribution in [0.5, 0.6) is 0 Å². The van der Waals surface area contributed by atoms with E-state index in [1.165, 1.54) is 18.2 Å². The number of benzene rings is 2. The van der Waals surface area contributed by atoms with Crippen LogP contribution in [0.1, 0.15) is 29.4 Å². The van der Waals surface area contributed by atoms with E-state index in [9.17, 15) is 9.18 Å². The summed E-state index contributed by atoms with van der Waals surface area (Å²) in [6, 6.07) is 15.5. The van der Waals surface area contributed by atoms with Crippen LogP contribution in [0.15, 0.2) is 73.2 Å². The lowest BCUT2D eigenvalue weighted by molar-refractivity contribution is -0.117. The van der Waals surface area contributed by atoms with Crippen molar-refractivity contribution in [3.05, 3.63) is 96.0 Å². The second-order valence-corrected chi connectivity index (χ2v) is 7.43. The number of nitrogens with zero attached hydrogens (tertiary/aromatic N) is 4. The van der Waals surface area contributed by atoms with E-state index in [1.54, 1.807) is 30.6 Å². The molecule has 1 amide bonds. The molecule has 32 heavy (non-hydrogen) atoms. The van der Waals surface area contributed by atoms with Crippen molar-refractivity contribution in [2.45, 2.75) is 19.0 Å². The third-order valence-corrected chi connectivity index (χ3v) is 5.30. The second-order valence-electron chi connectivity index (χ2n) is 7.43. The zero-order valence-corrected chi connectivity index (χ0v) is 17.6. The summed E-state index contributed by atoms with van der Waals surface area (Å²) in [6.45, 7) is 0.586. The first-order valence-electron chi connectivity index (χ1n) is 10.2. The molecule has 2 aromatic heterocycles. The van der Waals surface area contributed by atoms with E-state index in [2.05, 4.69) is 16.4 Å². The van der Waals surface area contributed by atoms with E-state index < -0.39 is 6.04 Å². The molecular weight excluding hydrogens is 405 g/mol. The van der Waals surface area contributed by atoms with Gasteiger partial charge < -0.3 is 14.5 Å². The highest BCUT2D eigenvalue weighted by molar-refractivity contribution is 5.96. The van der Waals surface area contributed by atoms with Crippen LogP contribution >= 0.6 is 0 Å². The number of amides is 1. The Bertz CT molecular complexity index is 1310. The van der Waals surface area contributed by atoms with E-state index in [1.807, 2.05) is 46.6 Å². The molecule has 2 aromatic carbocycles. The van der Waals surface area contributed by atoms with Crippen LogP contribution in [0.2, 0.25) is 0 Å². The van der Waals surface area contributed by atoms with Crippen molar-refractivity contribution in [2.24, 2.45) is 7.05 Å². The molecule has 0 spiro atoms. The van der Waals surface area contributed by atoms with Gasteiger partial charge in [0, 0.05) is 54.7 Å². The topological polar surface area (TPSA) is 75.6 Å². The van der Waals surface area contributed by atoms with Gasteiger partial charge in [-0.25, -0.2) is 9.37 Å². The van der Waals surface area contributed by atoms with Crippen LogP contribution in [-0.2, 0) is 18.4 Å². The Hall–Kier alpha value is -4.18. The Morgan fingerprint density at radius 2 is 2.03 bits per heavy atom. The lowest BCUT2D eigenvalue weighted by Gasteiger charge is -2.18. The van der Waals surface area contributed by atoms with Crippen molar-refractivity contribution in [2.75, 3.05) is 0 Å². The molecule has 0 aliphatic carbocycles. The minimum absolute atomic E-state index is 0.295. The van der Waals surface area contributed by atoms with Gasteiger partial charge in [-0.3, -0.25) is 4.79 Å². The predicted molar refractivity (Wildman–Crippen MR) is 121 cm³/mol. The number of rotatable bonds is 7. The average molecular weight is 427 g/mol. The fourth-order valence-electron chi connectivity index (χ4n) is 3.73. The summed E-state index contributed by atoms with van der Waals surface area (Å²) in [5.41, 5.74) is 2.64. The number of hydrogen-bond acceptors (Lipinski definition) is 3. The van der Waals surface area contributed by atoms with Crippen molar-refractivity contribution >= 4 is 22.9 Å². The molecule has 4 aromatic rings. The fourth-order valence-corrected chi connectivity index (χ4v) is 3.73. The fraction of sp³-hybridized carbons (Fsp3) is 0.160. The molecular formula is C25H22FN5O. The monoisotopic (exact) mass is 427 g/mol. The molecule has 1 atom stereocenters. The van der Waals surface area contributed by atoms with Crippen LogP contribution in [0.3, 0.4) is 0 Å². The largest absolute Gasteiger partial charge is 0.346 e. The maximum absolute atomic E-state index is 13.4. The van der Waals surface area contributed by atoms with E-state index in [0.29, 0.717) is 18.8 Å². The first-order chi connectivity index (χ1) is 15.6. The zero-order chi connectivity index (χ0) is 22.5. The van der Waals surface area contributed by atoms with Gasteiger partial charge in [-0.2, -0.15) is 5.26 Å². The van der Waals surface area contributed by atoms with E-state index >= 15 is 0 Å². The Kier molecular flexibility index (Phi) is 6.13. The molecule has 0 radical (unpaired) electrons. The molecule has 2 heterocycles. The number of carbonyl (C=O) groups is 1. The van der Waals surface area contributed by atoms with Crippen molar-refractivity contribution in [1.29, 1.82) is 5.26 Å². The van der Waals surface area contributed by atoms with Gasteiger partial charge >= 0.3 is 0 Å². The summed E-state index contributed by atoms with van der Waals surface area (Å²) >= 11 is 0. The maximum atomic E-state index is 13.4. The maximum Gasteiger partial charge on any atom is 0.244 e. The van der Waals surface area contributed by atoms with Crippen LogP contribution in [0.25, 0.3) is 17.0 Å². The number of fused-ring (bicyclic) bond motifs is 1. The van der Waals surface area contributed by atoms with Crippen molar-refractivity contribution in [3.8, 4) is 6.07 Å². The van der Waals surface area contributed by atoms with Gasteiger partial charge in [0.25, 0.3) is 0 Å². The molecule has 7 heteroatoms. The van der Waals surface area contributed by atoms with E-state index in [0.717, 1.165) is 22.0 Å². The van der Waals surface area contributed by atoms with Gasteiger partial charge in [0.1, 0.15) is 17.7 Å². The minimum atomic E-state index is -0.523. The first kappa shape index (κ1) is 21.1. The highest BCUT2D eigenvalue weighted by Crippen LogP contribution is 2.24. The third kappa shape index (κ3) is 4.44. The second kappa shape index (κ2) is 9.31. The van der Waals surface area contributed by atoms with Crippen molar-refractivity contribution < 1.29 is 9.18 Å². The Balaban J connectivity index is 1.59. The van der Waals surface area contributed by atoms with Crippen LogP contribution < -0.4 is 5.32 Å². The van der Waals surface area contributed by atoms with Crippen LogP contribution in [0.4, 0.5) is 4.39 Å². The Morgan fingerprint density at radius 3 is 2.75 bits per heavy atom. The third-order valence-electron chi connectivity index (χ3n) is 5.30. The number of nitriles is 1. The number of para-hydroxylation sites is 1. The van der Waals surface area contributed by atoms with Gasteiger partial charge in [-0.1, -0.05) is 30.3 Å². The minimum Gasteiger partial charge on any atom is -0.346 e. The van der Waals surface area contributed by atoms with Crippen molar-refractivity contribution in [1.82, 2.24) is 19.4 Å². The Morgan fingerprint density at radius 1 is 1.25 bits per heavy atom. The summed E-state index contributed by atoms with van der Waals surface area (Å²) in [5, 5.41) is 12.9. The summed E-state index contributed by atoms with van der Waals surface area (Å²) in [5.74, 6) is 0.00833. The molecule has 4 rings (SSSR count). The quantitative estimate of drug-likeness (QED) is 0.446. The first-order valence-corrected chi connectivity index (χ1v) is 10.2. The normalized spacial score (nSPS) is 12.2. The SMILES string of the molecule is Cn1ccnc1C(NC(=O)/C=C/c1cn(CCC#N)c2ccccc12)c1ccc(F)cc1. The van der Waals surface area contributed by atoms with E-state index in [4.69, 9.17) is 5.26 Å². The molecule has 0 bridgehead atoms. The van der Waals surface area contributed by atoms with E-state index in [-0.39, 0.29) is 11.7 Å². The molecule has 0 aliphatic heterocycles. The lowest BCUT2D eigenvalue weighted by atomic mass is 10.1. The molecule has 0 fully saturated rings. The standard InChI is InChI=1S/C25H22FN5O/c1-30-16-14-28-25(30)24(18-7-10-20(26)11-8-18)29-23(32)12-9-19-17-31(15-4-13-27)22-6-3-2-5-21(19)22/h2-3,5-12,14,16-17,24H,4,15H2,1H3,(H,29,32)/b12-9+. The summed E-state index contributed by atoms with van der Waals surface area (Å²) in [6.07, 6.45) is 9.05. The predicted octanol–water partition coefficient (Wildman–Crippen LogP) is 4.35. The number of nitrogens with one attached hydrogen (secondary N) is 1. The van der Waals surface area contributed by atoms with Gasteiger partial charge in [0.05, 0.1) is 12.5 Å². The number of aryl methyl sites for hydroxylation is 2. The molecule has 0 aliphatic rings. The Labute approximate surface area is 185 Å². The van der Waals surface area contributed by atoms with Crippen LogP contribution in [-0.4, -0.2) is 20.0 Å². The molecule has 0 saturated carbocycles. The van der Waals surface area contributed by atoms with Gasteiger partial charge in [-0.05, 0) is 29.8 Å². The van der Waals surface area contributed by atoms with Gasteiger partial charge in [0.15, 0.2) is 0 Å². The van der Waals surface area contributed by atoms with Gasteiger partial charge in [-0.15, -0.1) is 0 Å². The molecule has 160 valence electrons. The highest BCUT2D eigenvalue weighted by Gasteiger charge is 2.20. The number of aromatic nitrogens is 3. The molecule has 1 unspecified atom stereocenters. The lowest BCUT2D eigenvalue weighted by Crippen LogP contribution is -2.29. The van der Waals surface area contributed by atoms with Crippen molar-refractivity contribution in [3.63, 3.8) is 0 Å². The number of carbonyl (C=O) groups excluding carboxylic acids is 1. The van der Waals surface area contributed by atoms with Gasteiger partial charge in [0.2, 0.25) is 5.91 Å². The highest BCUT2D eigenvalue weighted by atomic mass is 19.1. The number of halogens is 1. The zero-order valence-electron chi connectivity index (χ0n) is 17.6. The average Bonchev–Trinajstić information content (AvgIpc) is 3.39. The summed E-state index contributed by atoms with van der Waals surface area (Å²) in [4.78, 5) is 17.2. The number of imidazole rings is 1. The molecule has 1 N–H and O–H groups in total.